The van der Waals surface area contributed by atoms with Gasteiger partial charge in [0.15, 0.2) is 0 Å². The lowest BCUT2D eigenvalue weighted by molar-refractivity contribution is 0.304. The molecule has 2 aliphatic rings. The summed E-state index contributed by atoms with van der Waals surface area (Å²) in [6.07, 6.45) is 17.8. The van der Waals surface area contributed by atoms with Crippen molar-refractivity contribution >= 4 is 16.5 Å². The van der Waals surface area contributed by atoms with Gasteiger partial charge in [-0.05, 0) is 60.9 Å². The lowest BCUT2D eigenvalue weighted by Gasteiger charge is -2.26. The zero-order valence-electron chi connectivity index (χ0n) is 17.7. The van der Waals surface area contributed by atoms with Crippen molar-refractivity contribution in [2.45, 2.75) is 51.5 Å². The minimum absolute atomic E-state index is 0.324. The molecule has 1 aliphatic heterocycles. The maximum absolute atomic E-state index is 9.84. The monoisotopic (exact) mass is 404 g/mol. The van der Waals surface area contributed by atoms with E-state index in [2.05, 4.69) is 44.3 Å². The Bertz CT molecular complexity index is 1020. The Kier molecular flexibility index (Phi) is 5.63. The Labute approximate surface area is 178 Å². The summed E-state index contributed by atoms with van der Waals surface area (Å²) >= 11 is 0. The maximum Gasteiger partial charge on any atom is 0.116 e. The highest BCUT2D eigenvalue weighted by Gasteiger charge is 2.17. The molecule has 158 valence electrons. The summed E-state index contributed by atoms with van der Waals surface area (Å²) in [6.45, 7) is 4.23. The van der Waals surface area contributed by atoms with Gasteiger partial charge in [-0.25, -0.2) is 0 Å². The molecular formula is C25H32N4O. The van der Waals surface area contributed by atoms with Crippen LogP contribution in [0.5, 0.6) is 5.75 Å². The lowest BCUT2D eigenvalue weighted by atomic mass is 9.89. The third-order valence-electron chi connectivity index (χ3n) is 6.88. The van der Waals surface area contributed by atoms with E-state index in [0.717, 1.165) is 55.8 Å². The number of rotatable bonds is 6. The highest BCUT2D eigenvalue weighted by atomic mass is 16.3. The third kappa shape index (κ3) is 4.31. The molecule has 2 N–H and O–H groups in total. The van der Waals surface area contributed by atoms with Crippen LogP contribution in [0.3, 0.4) is 0 Å². The summed E-state index contributed by atoms with van der Waals surface area (Å²) < 4.78 is 2.17. The molecule has 5 rings (SSSR count). The van der Waals surface area contributed by atoms with E-state index >= 15 is 0 Å². The number of aromatic hydroxyl groups is 1. The quantitative estimate of drug-likeness (QED) is 0.609. The van der Waals surface area contributed by atoms with Crippen LogP contribution in [0.2, 0.25) is 0 Å². The fourth-order valence-corrected chi connectivity index (χ4v) is 5.09. The first kappa shape index (κ1) is 19.4. The van der Waals surface area contributed by atoms with E-state index in [9.17, 15) is 5.11 Å². The highest BCUT2D eigenvalue weighted by molar-refractivity contribution is 5.93. The van der Waals surface area contributed by atoms with E-state index in [-0.39, 0.29) is 0 Å². The zero-order chi connectivity index (χ0) is 20.3. The smallest absolute Gasteiger partial charge is 0.116 e. The molecule has 3 heterocycles. The van der Waals surface area contributed by atoms with Crippen molar-refractivity contribution in [2.75, 3.05) is 19.6 Å². The fourth-order valence-electron chi connectivity index (χ4n) is 5.09. The second-order valence-electron chi connectivity index (χ2n) is 9.04. The second-order valence-corrected chi connectivity index (χ2v) is 9.04. The van der Waals surface area contributed by atoms with Gasteiger partial charge in [-0.3, -0.25) is 9.58 Å². The molecule has 3 aromatic rings. The van der Waals surface area contributed by atoms with Gasteiger partial charge in [0, 0.05) is 55.0 Å². The number of nitrogens with zero attached hydrogens (tertiary/aromatic N) is 3. The van der Waals surface area contributed by atoms with Crippen LogP contribution >= 0.6 is 0 Å². The minimum Gasteiger partial charge on any atom is -0.508 e. The summed E-state index contributed by atoms with van der Waals surface area (Å²) in [7, 11) is 0. The van der Waals surface area contributed by atoms with Crippen LogP contribution in [0.15, 0.2) is 42.9 Å². The number of nitrogens with one attached hydrogen (secondary N) is 1. The van der Waals surface area contributed by atoms with Crippen LogP contribution in [0.4, 0.5) is 0 Å². The molecule has 5 heteroatoms. The van der Waals surface area contributed by atoms with Crippen LogP contribution in [-0.2, 0) is 13.0 Å². The summed E-state index contributed by atoms with van der Waals surface area (Å²) in [5, 5.41) is 15.6. The number of aromatic amines is 1. The van der Waals surface area contributed by atoms with Gasteiger partial charge in [0.2, 0.25) is 0 Å². The number of H-pyrrole nitrogens is 1. The maximum atomic E-state index is 9.84. The number of hydrogen-bond donors (Lipinski definition) is 2. The van der Waals surface area contributed by atoms with E-state index in [1.807, 2.05) is 12.1 Å². The first-order valence-electron chi connectivity index (χ1n) is 11.5. The molecule has 0 amide bonds. The Morgan fingerprint density at radius 3 is 2.90 bits per heavy atom. The number of hydrogen-bond acceptors (Lipinski definition) is 3. The minimum atomic E-state index is 0.324. The molecular weight excluding hydrogens is 372 g/mol. The molecule has 0 saturated heterocycles. The first-order valence-corrected chi connectivity index (χ1v) is 11.5. The summed E-state index contributed by atoms with van der Waals surface area (Å²) in [4.78, 5) is 5.85. The van der Waals surface area contributed by atoms with Crippen molar-refractivity contribution in [1.82, 2.24) is 19.7 Å². The van der Waals surface area contributed by atoms with E-state index in [4.69, 9.17) is 0 Å². The van der Waals surface area contributed by atoms with Crippen molar-refractivity contribution in [2.24, 2.45) is 5.92 Å². The van der Waals surface area contributed by atoms with Crippen LogP contribution in [0.1, 0.15) is 49.7 Å². The Morgan fingerprint density at radius 1 is 1.17 bits per heavy atom. The predicted octanol–water partition coefficient (Wildman–Crippen LogP) is 4.98. The van der Waals surface area contributed by atoms with Crippen molar-refractivity contribution < 1.29 is 5.11 Å². The largest absolute Gasteiger partial charge is 0.508 e. The Balaban J connectivity index is 1.15. The molecule has 1 aromatic carbocycles. The van der Waals surface area contributed by atoms with Crippen molar-refractivity contribution in [3.63, 3.8) is 0 Å². The van der Waals surface area contributed by atoms with Crippen molar-refractivity contribution in [3.05, 3.63) is 54.0 Å². The number of fused-ring (bicyclic) bond motifs is 1. The van der Waals surface area contributed by atoms with Crippen LogP contribution in [0.25, 0.3) is 16.5 Å². The van der Waals surface area contributed by atoms with Gasteiger partial charge in [0.25, 0.3) is 0 Å². The summed E-state index contributed by atoms with van der Waals surface area (Å²) in [5.41, 5.74) is 5.04. The molecule has 5 nitrogen and oxygen atoms in total. The van der Waals surface area contributed by atoms with Gasteiger partial charge < -0.3 is 10.1 Å². The summed E-state index contributed by atoms with van der Waals surface area (Å²) in [5.74, 6) is 1.15. The van der Waals surface area contributed by atoms with Crippen molar-refractivity contribution in [1.29, 1.82) is 0 Å². The molecule has 0 radical (unpaired) electrons. The Hall–Kier alpha value is -2.53. The zero-order valence-corrected chi connectivity index (χ0v) is 17.7. The van der Waals surface area contributed by atoms with Crippen LogP contribution in [0, 0.1) is 5.92 Å². The number of phenolic OH excluding ortho intramolecular Hbond substituents is 1. The molecule has 1 aliphatic carbocycles. The van der Waals surface area contributed by atoms with Gasteiger partial charge in [-0.1, -0.05) is 25.3 Å². The molecule has 0 bridgehead atoms. The fraction of sp³-hybridized carbons (Fsp3) is 0.480. The standard InChI is InChI=1S/C25H32N4O/c30-22-6-7-25-23(14-22)24(16-26-25)21-9-12-28(13-10-21)11-8-20-15-27-29(18-20)17-19-4-2-1-3-5-19/h6-7,9,14-16,18-19,26,30H,1-5,8,10-13,17H2. The molecule has 0 unspecified atom stereocenters. The van der Waals surface area contributed by atoms with Gasteiger partial charge >= 0.3 is 0 Å². The molecule has 30 heavy (non-hydrogen) atoms. The van der Waals surface area contributed by atoms with Gasteiger partial charge in [0.1, 0.15) is 5.75 Å². The topological polar surface area (TPSA) is 57.1 Å². The SMILES string of the molecule is Oc1ccc2[nH]cc(C3=CCN(CCc4cnn(CC5CCCCC5)c4)CC3)c2c1. The van der Waals surface area contributed by atoms with Crippen LogP contribution < -0.4 is 0 Å². The molecule has 1 fully saturated rings. The molecule has 0 atom stereocenters. The predicted molar refractivity (Wildman–Crippen MR) is 122 cm³/mol. The lowest BCUT2D eigenvalue weighted by Crippen LogP contribution is -2.30. The average molecular weight is 405 g/mol. The van der Waals surface area contributed by atoms with Gasteiger partial charge in [-0.2, -0.15) is 5.10 Å². The summed E-state index contributed by atoms with van der Waals surface area (Å²) in [6, 6.07) is 5.54. The van der Waals surface area contributed by atoms with Crippen molar-refractivity contribution in [3.8, 4) is 5.75 Å². The first-order chi connectivity index (χ1) is 14.7. The van der Waals surface area contributed by atoms with E-state index in [0.29, 0.717) is 5.75 Å². The van der Waals surface area contributed by atoms with Gasteiger partial charge in [0.05, 0.1) is 6.20 Å². The van der Waals surface area contributed by atoms with Crippen LogP contribution in [-0.4, -0.2) is 44.4 Å². The molecule has 0 spiro atoms. The third-order valence-corrected chi connectivity index (χ3v) is 6.88. The molecule has 1 saturated carbocycles. The van der Waals surface area contributed by atoms with E-state index in [1.54, 1.807) is 6.07 Å². The van der Waals surface area contributed by atoms with E-state index < -0.39 is 0 Å². The van der Waals surface area contributed by atoms with E-state index in [1.165, 1.54) is 48.8 Å². The number of benzene rings is 1. The molecule has 2 aromatic heterocycles. The average Bonchev–Trinajstić information content (AvgIpc) is 3.40. The van der Waals surface area contributed by atoms with Gasteiger partial charge in [-0.15, -0.1) is 0 Å². The normalized spacial score (nSPS) is 18.7. The number of phenols is 1. The number of aromatic nitrogens is 3. The highest BCUT2D eigenvalue weighted by Crippen LogP contribution is 2.31. The Morgan fingerprint density at radius 2 is 2.07 bits per heavy atom. The second kappa shape index (κ2) is 8.68.